The van der Waals surface area contributed by atoms with Crippen molar-refractivity contribution in [3.8, 4) is 0 Å². The Bertz CT molecular complexity index is 1150. The number of amides is 2. The quantitative estimate of drug-likeness (QED) is 0.451. The number of rotatable bonds is 7. The van der Waals surface area contributed by atoms with E-state index >= 15 is 4.39 Å². The fourth-order valence-corrected chi connectivity index (χ4v) is 4.65. The normalized spacial score (nSPS) is 19.4. The van der Waals surface area contributed by atoms with E-state index in [0.29, 0.717) is 11.1 Å². The van der Waals surface area contributed by atoms with Gasteiger partial charge in [-0.15, -0.1) is 0 Å². The minimum Gasteiger partial charge on any atom is -0.444 e. The smallest absolute Gasteiger partial charge is 0.410 e. The fraction of sp³-hybridized carbons (Fsp3) is 0.464. The van der Waals surface area contributed by atoms with Crippen molar-refractivity contribution in [3.05, 3.63) is 71.0 Å². The van der Waals surface area contributed by atoms with Crippen LogP contribution in [-0.4, -0.2) is 58.5 Å². The van der Waals surface area contributed by atoms with Gasteiger partial charge in [0.1, 0.15) is 11.4 Å². The van der Waals surface area contributed by atoms with Crippen molar-refractivity contribution in [1.29, 1.82) is 0 Å². The molecule has 0 aliphatic carbocycles. The Balaban J connectivity index is 2.00. The average Bonchev–Trinajstić information content (AvgIpc) is 3.22. The molecule has 38 heavy (non-hydrogen) atoms. The maximum Gasteiger partial charge on any atom is 0.410 e. The summed E-state index contributed by atoms with van der Waals surface area (Å²) < 4.78 is 26.8. The maximum absolute atomic E-state index is 15.5. The van der Waals surface area contributed by atoms with Crippen LogP contribution in [0.3, 0.4) is 0 Å². The predicted octanol–water partition coefficient (Wildman–Crippen LogP) is 4.11. The molecule has 3 N–H and O–H groups in total. The van der Waals surface area contributed by atoms with Crippen LogP contribution in [0.4, 0.5) is 9.18 Å². The number of carbonyl (C=O) groups excluding carboxylic acids is 2. The second-order valence-electron chi connectivity index (χ2n) is 10.7. The molecule has 1 aliphatic heterocycles. The number of halogens is 1. The molecular weight excluding hydrogens is 509 g/mol. The number of likely N-dealkylation sites (tertiary alicyclic amines) is 1. The van der Waals surface area contributed by atoms with Gasteiger partial charge in [-0.2, -0.15) is 0 Å². The Morgan fingerprint density at radius 3 is 2.50 bits per heavy atom. The Kier molecular flexibility index (Phi) is 9.45. The van der Waals surface area contributed by atoms with E-state index in [9.17, 15) is 14.7 Å². The highest BCUT2D eigenvalue weighted by Gasteiger charge is 2.51. The molecule has 2 amide bonds. The Hall–Kier alpha value is -3.08. The van der Waals surface area contributed by atoms with E-state index in [-0.39, 0.29) is 43.1 Å². The van der Waals surface area contributed by atoms with Crippen molar-refractivity contribution in [3.63, 3.8) is 0 Å². The van der Waals surface area contributed by atoms with Gasteiger partial charge < -0.3 is 24.8 Å². The first-order valence-corrected chi connectivity index (χ1v) is 12.9. The molecule has 10 heteroatoms. The Morgan fingerprint density at radius 1 is 1.21 bits per heavy atom. The maximum atomic E-state index is 15.5. The topological polar surface area (TPSA) is 100 Å². The van der Waals surface area contributed by atoms with E-state index in [1.54, 1.807) is 63.2 Å². The van der Waals surface area contributed by atoms with Crippen LogP contribution in [0.2, 0.25) is 0 Å². The van der Waals surface area contributed by atoms with Crippen molar-refractivity contribution in [2.45, 2.75) is 58.5 Å². The molecule has 206 valence electrons. The molecule has 1 saturated heterocycles. The third-order valence-corrected chi connectivity index (χ3v) is 6.35. The van der Waals surface area contributed by atoms with Gasteiger partial charge in [0.15, 0.2) is 5.11 Å². The highest BCUT2D eigenvalue weighted by molar-refractivity contribution is 7.80. The zero-order valence-corrected chi connectivity index (χ0v) is 23.2. The van der Waals surface area contributed by atoms with Crippen molar-refractivity contribution >= 4 is 29.3 Å². The molecule has 0 bridgehead atoms. The van der Waals surface area contributed by atoms with Crippen LogP contribution in [0.25, 0.3) is 0 Å². The highest BCUT2D eigenvalue weighted by Crippen LogP contribution is 2.39. The number of hydrogen-bond acceptors (Lipinski definition) is 6. The number of nitrogens with one attached hydrogen (secondary N) is 2. The molecule has 1 heterocycles. The first-order chi connectivity index (χ1) is 17.8. The highest BCUT2D eigenvalue weighted by atomic mass is 32.1. The van der Waals surface area contributed by atoms with Gasteiger partial charge in [-0.25, -0.2) is 9.18 Å². The van der Waals surface area contributed by atoms with Crippen LogP contribution in [0.5, 0.6) is 0 Å². The number of aliphatic hydroxyl groups excluding tert-OH is 1. The lowest BCUT2D eigenvalue weighted by Gasteiger charge is -2.37. The number of carbonyl (C=O) groups is 2. The summed E-state index contributed by atoms with van der Waals surface area (Å²) in [6, 6.07) is 13.1. The monoisotopic (exact) mass is 545 g/mol. The van der Waals surface area contributed by atoms with Crippen LogP contribution in [0, 0.1) is 11.7 Å². The standard InChI is InChI=1S/C28H36FN3O5S/c1-18(2)36-16-19-11-12-23(29)22(13-19)28(31-25(38)30-24(34)20-9-7-6-8-10-20)17-32(14-21(28)15-33)26(35)37-27(3,4)5/h6-13,18,21,33H,14-17H2,1-5H3,(H2,30,31,34,38). The molecule has 8 nitrogen and oxygen atoms in total. The van der Waals surface area contributed by atoms with Crippen LogP contribution in [0.15, 0.2) is 48.5 Å². The van der Waals surface area contributed by atoms with Gasteiger partial charge in [-0.1, -0.05) is 24.3 Å². The van der Waals surface area contributed by atoms with Crippen LogP contribution < -0.4 is 10.6 Å². The molecule has 0 spiro atoms. The van der Waals surface area contributed by atoms with E-state index < -0.39 is 34.9 Å². The number of benzene rings is 2. The molecule has 1 fully saturated rings. The lowest BCUT2D eigenvalue weighted by Crippen LogP contribution is -2.56. The van der Waals surface area contributed by atoms with E-state index in [0.717, 1.165) is 0 Å². The zero-order valence-electron chi connectivity index (χ0n) is 22.4. The Labute approximate surface area is 228 Å². The largest absolute Gasteiger partial charge is 0.444 e. The number of aliphatic hydroxyl groups is 1. The van der Waals surface area contributed by atoms with E-state index in [1.165, 1.54) is 11.0 Å². The van der Waals surface area contributed by atoms with Crippen LogP contribution in [-0.2, 0) is 21.6 Å². The first-order valence-electron chi connectivity index (χ1n) is 12.5. The lowest BCUT2D eigenvalue weighted by atomic mass is 9.80. The molecule has 2 atom stereocenters. The average molecular weight is 546 g/mol. The van der Waals surface area contributed by atoms with Crippen molar-refractivity contribution in [1.82, 2.24) is 15.5 Å². The fourth-order valence-electron chi connectivity index (χ4n) is 4.38. The molecule has 0 aromatic heterocycles. The summed E-state index contributed by atoms with van der Waals surface area (Å²) in [6.45, 7) is 8.95. The predicted molar refractivity (Wildman–Crippen MR) is 146 cm³/mol. The summed E-state index contributed by atoms with van der Waals surface area (Å²) in [6.07, 6.45) is -0.630. The molecule has 2 aromatic carbocycles. The Morgan fingerprint density at radius 2 is 1.89 bits per heavy atom. The summed E-state index contributed by atoms with van der Waals surface area (Å²) in [5.74, 6) is -1.66. The summed E-state index contributed by atoms with van der Waals surface area (Å²) in [4.78, 5) is 27.2. The zero-order chi connectivity index (χ0) is 28.1. The van der Waals surface area contributed by atoms with E-state index in [4.69, 9.17) is 21.7 Å². The third-order valence-electron chi connectivity index (χ3n) is 6.14. The summed E-state index contributed by atoms with van der Waals surface area (Å²) in [5, 5.41) is 16.1. The molecular formula is C28H36FN3O5S. The molecule has 1 aliphatic rings. The van der Waals surface area contributed by atoms with Gasteiger partial charge in [0.25, 0.3) is 5.91 Å². The SMILES string of the molecule is CC(C)OCc1ccc(F)c(C2(NC(=S)NC(=O)c3ccccc3)CN(C(=O)OC(C)(C)C)CC2CO)c1. The molecule has 0 saturated carbocycles. The second kappa shape index (κ2) is 12.2. The summed E-state index contributed by atoms with van der Waals surface area (Å²) >= 11 is 5.49. The second-order valence-corrected chi connectivity index (χ2v) is 11.1. The van der Waals surface area contributed by atoms with E-state index in [1.807, 2.05) is 13.8 Å². The minimum atomic E-state index is -1.36. The van der Waals surface area contributed by atoms with Gasteiger partial charge in [0, 0.05) is 23.6 Å². The lowest BCUT2D eigenvalue weighted by molar-refractivity contribution is 0.0277. The molecule has 2 aromatic rings. The van der Waals surface area contributed by atoms with Crippen LogP contribution in [0.1, 0.15) is 56.1 Å². The molecule has 2 unspecified atom stereocenters. The van der Waals surface area contributed by atoms with Gasteiger partial charge in [0.05, 0.1) is 31.4 Å². The first kappa shape index (κ1) is 29.5. The summed E-state index contributed by atoms with van der Waals surface area (Å²) in [5.41, 5.74) is -0.801. The van der Waals surface area contributed by atoms with Gasteiger partial charge in [-0.05, 0) is 76.7 Å². The van der Waals surface area contributed by atoms with E-state index in [2.05, 4.69) is 10.6 Å². The van der Waals surface area contributed by atoms with Gasteiger partial charge in [-0.3, -0.25) is 10.1 Å². The third kappa shape index (κ3) is 7.27. The number of nitrogens with zero attached hydrogens (tertiary/aromatic N) is 1. The van der Waals surface area contributed by atoms with Gasteiger partial charge in [0.2, 0.25) is 0 Å². The number of thiocarbonyl (C=S) groups is 1. The molecule has 0 radical (unpaired) electrons. The number of hydrogen-bond donors (Lipinski definition) is 3. The van der Waals surface area contributed by atoms with Crippen LogP contribution >= 0.6 is 12.2 Å². The van der Waals surface area contributed by atoms with Crippen molar-refractivity contribution in [2.75, 3.05) is 19.7 Å². The van der Waals surface area contributed by atoms with Gasteiger partial charge >= 0.3 is 6.09 Å². The van der Waals surface area contributed by atoms with Crippen molar-refractivity contribution < 1.29 is 28.6 Å². The van der Waals surface area contributed by atoms with Crippen molar-refractivity contribution in [2.24, 2.45) is 5.92 Å². The molecule has 3 rings (SSSR count). The number of ether oxygens (including phenoxy) is 2. The minimum absolute atomic E-state index is 0.0318. The summed E-state index contributed by atoms with van der Waals surface area (Å²) in [7, 11) is 0.